The van der Waals surface area contributed by atoms with E-state index >= 15 is 0 Å². The van der Waals surface area contributed by atoms with Crippen molar-refractivity contribution in [1.82, 2.24) is 15.3 Å². The summed E-state index contributed by atoms with van der Waals surface area (Å²) in [4.78, 5) is 19.2. The van der Waals surface area contributed by atoms with E-state index in [9.17, 15) is 4.79 Å². The highest BCUT2D eigenvalue weighted by Gasteiger charge is 2.06. The van der Waals surface area contributed by atoms with E-state index in [-0.39, 0.29) is 5.56 Å². The van der Waals surface area contributed by atoms with E-state index in [0.717, 1.165) is 12.8 Å². The van der Waals surface area contributed by atoms with Gasteiger partial charge in [-0.2, -0.15) is 0 Å². The van der Waals surface area contributed by atoms with Crippen LogP contribution in [0.1, 0.15) is 32.5 Å². The van der Waals surface area contributed by atoms with E-state index in [2.05, 4.69) is 29.1 Å². The van der Waals surface area contributed by atoms with Gasteiger partial charge in [0.25, 0.3) is 5.56 Å². The van der Waals surface area contributed by atoms with Crippen molar-refractivity contribution < 1.29 is 0 Å². The molecule has 2 aromatic rings. The van der Waals surface area contributed by atoms with Crippen LogP contribution in [0, 0.1) is 0 Å². The number of aromatic amines is 1. The molecule has 0 fully saturated rings. The summed E-state index contributed by atoms with van der Waals surface area (Å²) in [5.41, 5.74) is 0.514. The predicted molar refractivity (Wildman–Crippen MR) is 78.6 cm³/mol. The fraction of sp³-hybridized carbons (Fsp3) is 0.429. The summed E-state index contributed by atoms with van der Waals surface area (Å²) in [7, 11) is 0. The molecule has 0 radical (unpaired) electrons. The number of hydrogen-bond acceptors (Lipinski definition) is 3. The highest BCUT2D eigenvalue weighted by atomic mass is 35.5. The van der Waals surface area contributed by atoms with Gasteiger partial charge in [0.1, 0.15) is 5.82 Å². The van der Waals surface area contributed by atoms with Gasteiger partial charge in [-0.25, -0.2) is 4.98 Å². The molecule has 19 heavy (non-hydrogen) atoms. The van der Waals surface area contributed by atoms with Gasteiger partial charge in [-0.15, -0.1) is 0 Å². The molecule has 2 N–H and O–H groups in total. The summed E-state index contributed by atoms with van der Waals surface area (Å²) < 4.78 is 0. The third-order valence-corrected chi connectivity index (χ3v) is 3.50. The van der Waals surface area contributed by atoms with Gasteiger partial charge >= 0.3 is 0 Å². The minimum absolute atomic E-state index is 0.122. The molecule has 0 unspecified atom stereocenters. The Morgan fingerprint density at radius 3 is 2.79 bits per heavy atom. The maximum absolute atomic E-state index is 11.9. The zero-order chi connectivity index (χ0) is 13.8. The van der Waals surface area contributed by atoms with E-state index in [1.165, 1.54) is 0 Å². The molecular formula is C14H18ClN3O. The monoisotopic (exact) mass is 279 g/mol. The minimum Gasteiger partial charge on any atom is -0.309 e. The van der Waals surface area contributed by atoms with Crippen LogP contribution < -0.4 is 10.9 Å². The van der Waals surface area contributed by atoms with E-state index in [0.29, 0.717) is 34.3 Å². The van der Waals surface area contributed by atoms with Crippen molar-refractivity contribution in [2.24, 2.45) is 0 Å². The third kappa shape index (κ3) is 3.33. The average molecular weight is 280 g/mol. The number of nitrogens with zero attached hydrogens (tertiary/aromatic N) is 1. The van der Waals surface area contributed by atoms with Crippen LogP contribution in [-0.4, -0.2) is 16.0 Å². The smallest absolute Gasteiger partial charge is 0.258 e. The Morgan fingerprint density at radius 1 is 1.37 bits per heavy atom. The molecule has 2 rings (SSSR count). The van der Waals surface area contributed by atoms with Gasteiger partial charge < -0.3 is 10.3 Å². The molecule has 5 heteroatoms. The van der Waals surface area contributed by atoms with E-state index in [1.54, 1.807) is 18.2 Å². The minimum atomic E-state index is -0.122. The molecule has 0 saturated heterocycles. The van der Waals surface area contributed by atoms with Gasteiger partial charge in [0.2, 0.25) is 0 Å². The molecule has 0 aliphatic carbocycles. The highest BCUT2D eigenvalue weighted by molar-refractivity contribution is 6.31. The number of benzene rings is 1. The molecule has 1 aromatic heterocycles. The van der Waals surface area contributed by atoms with Gasteiger partial charge in [0.15, 0.2) is 0 Å². The first-order valence-electron chi connectivity index (χ1n) is 6.55. The molecule has 0 spiro atoms. The predicted octanol–water partition coefficient (Wildman–Crippen LogP) is 2.85. The van der Waals surface area contributed by atoms with Crippen LogP contribution in [0.2, 0.25) is 5.02 Å². The maximum Gasteiger partial charge on any atom is 0.258 e. The van der Waals surface area contributed by atoms with Crippen molar-refractivity contribution in [2.75, 3.05) is 0 Å². The lowest BCUT2D eigenvalue weighted by atomic mass is 10.2. The Kier molecular flexibility index (Phi) is 4.56. The molecular weight excluding hydrogens is 262 g/mol. The fourth-order valence-electron chi connectivity index (χ4n) is 2.06. The van der Waals surface area contributed by atoms with Gasteiger partial charge in [-0.1, -0.05) is 25.4 Å². The number of rotatable bonds is 5. The molecule has 0 aliphatic heterocycles. The number of nitrogens with one attached hydrogen (secondary N) is 2. The standard InChI is InChI=1S/C14H18ClN3O/c1-3-10(4-2)16-8-13-17-12-7-9(15)5-6-11(12)14(19)18-13/h5-7,10,16H,3-4,8H2,1-2H3,(H,17,18,19). The largest absolute Gasteiger partial charge is 0.309 e. The van der Waals surface area contributed by atoms with Crippen LogP contribution in [0.5, 0.6) is 0 Å². The number of aromatic nitrogens is 2. The molecule has 0 saturated carbocycles. The van der Waals surface area contributed by atoms with Crippen LogP contribution in [0.4, 0.5) is 0 Å². The SMILES string of the molecule is CCC(CC)NCc1nc2cc(Cl)ccc2c(=O)[nH]1. The van der Waals surface area contributed by atoms with Crippen LogP contribution in [0.3, 0.4) is 0 Å². The first kappa shape index (κ1) is 14.0. The normalized spacial score (nSPS) is 11.4. The van der Waals surface area contributed by atoms with E-state index in [1.807, 2.05) is 0 Å². The summed E-state index contributed by atoms with van der Waals surface area (Å²) in [6, 6.07) is 5.55. The molecule has 1 heterocycles. The third-order valence-electron chi connectivity index (χ3n) is 3.26. The first-order chi connectivity index (χ1) is 9.13. The molecule has 1 aromatic carbocycles. The van der Waals surface area contributed by atoms with E-state index < -0.39 is 0 Å². The molecule has 0 bridgehead atoms. The van der Waals surface area contributed by atoms with Crippen LogP contribution in [0.15, 0.2) is 23.0 Å². The Bertz CT molecular complexity index is 620. The van der Waals surface area contributed by atoms with Crippen LogP contribution >= 0.6 is 11.6 Å². The second-order valence-corrected chi connectivity index (χ2v) is 5.00. The van der Waals surface area contributed by atoms with Gasteiger partial charge in [0.05, 0.1) is 17.4 Å². The average Bonchev–Trinajstić information content (AvgIpc) is 2.39. The van der Waals surface area contributed by atoms with Crippen LogP contribution in [0.25, 0.3) is 10.9 Å². The van der Waals surface area contributed by atoms with Crippen molar-refractivity contribution in [2.45, 2.75) is 39.3 Å². The summed E-state index contributed by atoms with van der Waals surface area (Å²) >= 11 is 5.93. The lowest BCUT2D eigenvalue weighted by molar-refractivity contribution is 0.476. The zero-order valence-corrected chi connectivity index (χ0v) is 11.9. The van der Waals surface area contributed by atoms with Crippen LogP contribution in [-0.2, 0) is 6.54 Å². The number of hydrogen-bond donors (Lipinski definition) is 2. The van der Waals surface area contributed by atoms with Gasteiger partial charge in [-0.05, 0) is 31.0 Å². The second-order valence-electron chi connectivity index (χ2n) is 4.57. The summed E-state index contributed by atoms with van der Waals surface area (Å²) in [5.74, 6) is 0.645. The molecule has 102 valence electrons. The lowest BCUT2D eigenvalue weighted by Crippen LogP contribution is -2.29. The Hall–Kier alpha value is -1.39. The van der Waals surface area contributed by atoms with Crippen molar-refractivity contribution >= 4 is 22.5 Å². The number of fused-ring (bicyclic) bond motifs is 1. The highest BCUT2D eigenvalue weighted by Crippen LogP contribution is 2.14. The maximum atomic E-state index is 11.9. The van der Waals surface area contributed by atoms with Gasteiger partial charge in [0, 0.05) is 11.1 Å². The molecule has 0 aliphatic rings. The second kappa shape index (κ2) is 6.17. The lowest BCUT2D eigenvalue weighted by Gasteiger charge is -2.14. The Balaban J connectivity index is 2.27. The summed E-state index contributed by atoms with van der Waals surface area (Å²) in [5, 5.41) is 4.53. The zero-order valence-electron chi connectivity index (χ0n) is 11.2. The molecule has 0 atom stereocenters. The summed E-state index contributed by atoms with van der Waals surface area (Å²) in [6.45, 7) is 4.83. The van der Waals surface area contributed by atoms with Crippen molar-refractivity contribution in [3.05, 3.63) is 39.4 Å². The van der Waals surface area contributed by atoms with Crippen molar-refractivity contribution in [3.8, 4) is 0 Å². The number of H-pyrrole nitrogens is 1. The van der Waals surface area contributed by atoms with E-state index in [4.69, 9.17) is 11.6 Å². The van der Waals surface area contributed by atoms with Crippen molar-refractivity contribution in [3.63, 3.8) is 0 Å². The molecule has 4 nitrogen and oxygen atoms in total. The summed E-state index contributed by atoms with van der Waals surface area (Å²) in [6.07, 6.45) is 2.11. The fourth-order valence-corrected chi connectivity index (χ4v) is 2.23. The van der Waals surface area contributed by atoms with Gasteiger partial charge in [-0.3, -0.25) is 4.79 Å². The Morgan fingerprint density at radius 2 is 2.11 bits per heavy atom. The first-order valence-corrected chi connectivity index (χ1v) is 6.93. The molecule has 0 amide bonds. The number of halogens is 1. The van der Waals surface area contributed by atoms with Crippen molar-refractivity contribution in [1.29, 1.82) is 0 Å². The topological polar surface area (TPSA) is 57.8 Å². The Labute approximate surface area is 117 Å². The quantitative estimate of drug-likeness (QED) is 0.885.